The van der Waals surface area contributed by atoms with Gasteiger partial charge < -0.3 is 4.90 Å². The summed E-state index contributed by atoms with van der Waals surface area (Å²) < 4.78 is 55.1. The number of hydrogen-bond donors (Lipinski definition) is 0. The highest BCUT2D eigenvalue weighted by molar-refractivity contribution is 8.00. The molecule has 0 spiro atoms. The van der Waals surface area contributed by atoms with Gasteiger partial charge in [-0.2, -0.15) is 8.42 Å². The lowest BCUT2D eigenvalue weighted by atomic mass is 10.1. The molecule has 1 saturated heterocycles. The summed E-state index contributed by atoms with van der Waals surface area (Å²) in [6.45, 7) is 5.03. The minimum Gasteiger partial charge on any atom is -0.354 e. The summed E-state index contributed by atoms with van der Waals surface area (Å²) in [5, 5.41) is 0.451. The minimum absolute atomic E-state index is 0.0557. The average molecular weight is 432 g/mol. The number of amidine groups is 1. The van der Waals surface area contributed by atoms with Crippen molar-refractivity contribution in [1.29, 1.82) is 0 Å². The fourth-order valence-corrected chi connectivity index (χ4v) is 6.18. The van der Waals surface area contributed by atoms with Crippen LogP contribution in [0.1, 0.15) is 25.8 Å². The lowest BCUT2D eigenvalue weighted by Gasteiger charge is -2.23. The zero-order chi connectivity index (χ0) is 19.8. The van der Waals surface area contributed by atoms with E-state index in [9.17, 15) is 16.8 Å². The zero-order valence-corrected chi connectivity index (χ0v) is 17.6. The van der Waals surface area contributed by atoms with Gasteiger partial charge in [-0.05, 0) is 38.0 Å². The fourth-order valence-electron chi connectivity index (χ4n) is 3.38. The summed E-state index contributed by atoms with van der Waals surface area (Å²) in [5.74, 6) is 0.445. The third-order valence-corrected chi connectivity index (χ3v) is 8.33. The van der Waals surface area contributed by atoms with E-state index in [0.717, 1.165) is 0 Å². The molecule has 0 saturated carbocycles. The van der Waals surface area contributed by atoms with E-state index in [1.165, 1.54) is 4.31 Å². The number of hydrogen-bond acceptors (Lipinski definition) is 5. The van der Waals surface area contributed by atoms with E-state index in [4.69, 9.17) is 11.6 Å². The van der Waals surface area contributed by atoms with Gasteiger partial charge in [-0.3, -0.25) is 0 Å². The summed E-state index contributed by atoms with van der Waals surface area (Å²) in [6.07, 6.45) is 0.609. The summed E-state index contributed by atoms with van der Waals surface area (Å²) in [4.78, 5) is 2.01. The number of sulfonamides is 2. The van der Waals surface area contributed by atoms with Crippen molar-refractivity contribution in [3.05, 3.63) is 40.4 Å². The molecule has 148 valence electrons. The van der Waals surface area contributed by atoms with E-state index in [2.05, 4.69) is 4.40 Å². The molecule has 27 heavy (non-hydrogen) atoms. The van der Waals surface area contributed by atoms with Crippen molar-refractivity contribution >= 4 is 42.4 Å². The quantitative estimate of drug-likeness (QED) is 0.731. The van der Waals surface area contributed by atoms with Crippen LogP contribution >= 0.6 is 11.6 Å². The third-order valence-electron chi connectivity index (χ3n) is 4.74. The molecular formula is C17H22ClN3O4S2. The van der Waals surface area contributed by atoms with Crippen LogP contribution in [-0.2, 0) is 20.0 Å². The minimum atomic E-state index is -3.83. The van der Waals surface area contributed by atoms with E-state index in [0.29, 0.717) is 54.6 Å². The Hall–Kier alpha value is -1.42. The topological polar surface area (TPSA) is 87.1 Å². The first kappa shape index (κ1) is 20.3. The smallest absolute Gasteiger partial charge is 0.285 e. The zero-order valence-electron chi connectivity index (χ0n) is 15.2. The summed E-state index contributed by atoms with van der Waals surface area (Å²) >= 11 is 6.02. The van der Waals surface area contributed by atoms with Gasteiger partial charge in [-0.1, -0.05) is 23.7 Å². The van der Waals surface area contributed by atoms with Crippen LogP contribution in [0, 0.1) is 0 Å². The molecule has 0 radical (unpaired) electrons. The van der Waals surface area contributed by atoms with E-state index in [1.54, 1.807) is 38.1 Å². The molecule has 0 aliphatic carbocycles. The molecule has 1 aromatic rings. The van der Waals surface area contributed by atoms with Crippen LogP contribution in [-0.4, -0.2) is 63.8 Å². The van der Waals surface area contributed by atoms with Gasteiger partial charge in [-0.15, -0.1) is 4.40 Å². The van der Waals surface area contributed by atoms with Crippen LogP contribution in [0.2, 0.25) is 5.02 Å². The molecule has 0 N–H and O–H groups in total. The molecule has 0 atom stereocenters. The van der Waals surface area contributed by atoms with Crippen LogP contribution in [0.25, 0.3) is 4.91 Å². The van der Waals surface area contributed by atoms with Crippen LogP contribution in [0.5, 0.6) is 0 Å². The monoisotopic (exact) mass is 431 g/mol. The third kappa shape index (κ3) is 4.06. The highest BCUT2D eigenvalue weighted by atomic mass is 35.5. The van der Waals surface area contributed by atoms with Crippen molar-refractivity contribution < 1.29 is 16.8 Å². The van der Waals surface area contributed by atoms with Crippen molar-refractivity contribution in [3.63, 3.8) is 0 Å². The molecule has 0 aromatic heterocycles. The molecule has 2 heterocycles. The molecule has 0 bridgehead atoms. The summed E-state index contributed by atoms with van der Waals surface area (Å²) in [5.41, 5.74) is 1.06. The van der Waals surface area contributed by atoms with Crippen LogP contribution in [0.4, 0.5) is 0 Å². The predicted molar refractivity (Wildman–Crippen MR) is 108 cm³/mol. The van der Waals surface area contributed by atoms with Gasteiger partial charge in [0.15, 0.2) is 0 Å². The normalized spacial score (nSPS) is 21.3. The molecule has 2 aliphatic rings. The van der Waals surface area contributed by atoms with Gasteiger partial charge in [0.25, 0.3) is 10.0 Å². The van der Waals surface area contributed by atoms with E-state index < -0.39 is 20.0 Å². The maximum Gasteiger partial charge on any atom is 0.285 e. The van der Waals surface area contributed by atoms with Gasteiger partial charge in [0.2, 0.25) is 10.0 Å². The average Bonchev–Trinajstić information content (AvgIpc) is 2.77. The first-order chi connectivity index (χ1) is 12.7. The van der Waals surface area contributed by atoms with Gasteiger partial charge in [0, 0.05) is 36.8 Å². The Bertz CT molecular complexity index is 1020. The standard InChI is InChI=1S/C17H22ClN3O4S2/c1-3-26(22,23)21-9-5-8-20(10-11-21)17-13(2)16(27(24,25)19-17)14-6-4-7-15(18)12-14/h4,6-7,12H,3,5,8-11H2,1-2H3. The summed E-state index contributed by atoms with van der Waals surface area (Å²) in [6, 6.07) is 6.68. The number of benzene rings is 1. The Kier molecular flexibility index (Phi) is 5.67. The fraction of sp³-hybridized carbons (Fsp3) is 0.471. The Morgan fingerprint density at radius 3 is 2.59 bits per heavy atom. The van der Waals surface area contributed by atoms with Crippen molar-refractivity contribution in [2.24, 2.45) is 4.40 Å². The first-order valence-electron chi connectivity index (χ1n) is 8.70. The number of nitrogens with zero attached hydrogens (tertiary/aromatic N) is 3. The Morgan fingerprint density at radius 1 is 1.19 bits per heavy atom. The van der Waals surface area contributed by atoms with Crippen LogP contribution in [0.15, 0.2) is 34.2 Å². The molecule has 10 heteroatoms. The van der Waals surface area contributed by atoms with Crippen molar-refractivity contribution in [1.82, 2.24) is 9.21 Å². The van der Waals surface area contributed by atoms with E-state index in [1.807, 2.05) is 4.90 Å². The van der Waals surface area contributed by atoms with Gasteiger partial charge in [-0.25, -0.2) is 12.7 Å². The van der Waals surface area contributed by atoms with Gasteiger partial charge >= 0.3 is 0 Å². The molecule has 2 aliphatic heterocycles. The highest BCUT2D eigenvalue weighted by Crippen LogP contribution is 2.34. The molecule has 3 rings (SSSR count). The Morgan fingerprint density at radius 2 is 1.93 bits per heavy atom. The second-order valence-electron chi connectivity index (χ2n) is 6.49. The Balaban J connectivity index is 1.91. The molecule has 1 fully saturated rings. The maximum absolute atomic E-state index is 12.7. The van der Waals surface area contributed by atoms with E-state index in [-0.39, 0.29) is 10.7 Å². The van der Waals surface area contributed by atoms with Crippen LogP contribution in [0.3, 0.4) is 0 Å². The van der Waals surface area contributed by atoms with Gasteiger partial charge in [0.1, 0.15) is 10.7 Å². The lowest BCUT2D eigenvalue weighted by Crippen LogP contribution is -2.38. The summed E-state index contributed by atoms with van der Waals surface area (Å²) in [7, 11) is -7.09. The largest absolute Gasteiger partial charge is 0.354 e. The van der Waals surface area contributed by atoms with Gasteiger partial charge in [0.05, 0.1) is 5.75 Å². The van der Waals surface area contributed by atoms with Crippen molar-refractivity contribution in [2.45, 2.75) is 20.3 Å². The SMILES string of the molecule is CCS(=O)(=O)N1CCCN(C2=NS(=O)(=O)C(c3cccc(Cl)c3)=C2C)CC1. The van der Waals surface area contributed by atoms with Crippen molar-refractivity contribution in [3.8, 4) is 0 Å². The molecule has 0 unspecified atom stereocenters. The first-order valence-corrected chi connectivity index (χ1v) is 12.1. The van der Waals surface area contributed by atoms with Crippen molar-refractivity contribution in [2.75, 3.05) is 31.9 Å². The predicted octanol–water partition coefficient (Wildman–Crippen LogP) is 2.17. The second-order valence-corrected chi connectivity index (χ2v) is 10.7. The molecule has 7 nitrogen and oxygen atoms in total. The van der Waals surface area contributed by atoms with Crippen LogP contribution < -0.4 is 0 Å². The Labute approximate surface area is 165 Å². The number of halogens is 1. The molecule has 0 amide bonds. The van der Waals surface area contributed by atoms with E-state index >= 15 is 0 Å². The molecule has 1 aromatic carbocycles. The maximum atomic E-state index is 12.7. The number of rotatable bonds is 3. The highest BCUT2D eigenvalue weighted by Gasteiger charge is 2.34. The lowest BCUT2D eigenvalue weighted by molar-refractivity contribution is 0.408. The molecular weight excluding hydrogens is 410 g/mol. The second kappa shape index (κ2) is 7.54.